The van der Waals surface area contributed by atoms with Crippen LogP contribution in [0.15, 0.2) is 24.5 Å². The maximum absolute atomic E-state index is 6.01. The summed E-state index contributed by atoms with van der Waals surface area (Å²) in [5.74, 6) is 1.60. The van der Waals surface area contributed by atoms with Crippen molar-refractivity contribution in [2.45, 2.75) is 20.1 Å². The molecule has 0 amide bonds. The van der Waals surface area contributed by atoms with Crippen LogP contribution in [0.1, 0.15) is 18.3 Å². The predicted molar refractivity (Wildman–Crippen MR) is 74.2 cm³/mol. The van der Waals surface area contributed by atoms with E-state index in [1.807, 2.05) is 29.8 Å². The van der Waals surface area contributed by atoms with Crippen molar-refractivity contribution in [1.29, 1.82) is 0 Å². The molecule has 0 radical (unpaired) electrons. The van der Waals surface area contributed by atoms with Gasteiger partial charge in [0.2, 0.25) is 0 Å². The van der Waals surface area contributed by atoms with Crippen LogP contribution in [0.4, 0.5) is 0 Å². The van der Waals surface area contributed by atoms with E-state index in [1.54, 1.807) is 6.33 Å². The molecule has 0 aliphatic heterocycles. The second-order valence-electron chi connectivity index (χ2n) is 4.18. The Morgan fingerprint density at radius 2 is 2.26 bits per heavy atom. The fourth-order valence-corrected chi connectivity index (χ4v) is 1.86. The Morgan fingerprint density at radius 1 is 1.42 bits per heavy atom. The Balaban J connectivity index is 2.08. The molecular formula is C13H17ClN4O. The molecule has 0 saturated heterocycles. The van der Waals surface area contributed by atoms with Crippen molar-refractivity contribution in [3.8, 4) is 5.75 Å². The summed E-state index contributed by atoms with van der Waals surface area (Å²) >= 11 is 6.01. The summed E-state index contributed by atoms with van der Waals surface area (Å²) in [5.41, 5.74) is 1.04. The summed E-state index contributed by atoms with van der Waals surface area (Å²) in [6, 6.07) is 5.62. The molecule has 0 bridgehead atoms. The van der Waals surface area contributed by atoms with Crippen molar-refractivity contribution in [2.75, 3.05) is 6.54 Å². The van der Waals surface area contributed by atoms with Gasteiger partial charge in [-0.15, -0.1) is 10.2 Å². The normalized spacial score (nSPS) is 10.7. The summed E-state index contributed by atoms with van der Waals surface area (Å²) in [7, 11) is 1.89. The molecule has 1 heterocycles. The number of aromatic nitrogens is 3. The van der Waals surface area contributed by atoms with Gasteiger partial charge in [-0.2, -0.15) is 0 Å². The first-order valence-electron chi connectivity index (χ1n) is 6.15. The van der Waals surface area contributed by atoms with E-state index >= 15 is 0 Å². The van der Waals surface area contributed by atoms with E-state index in [0.29, 0.717) is 11.6 Å². The van der Waals surface area contributed by atoms with Crippen molar-refractivity contribution in [3.63, 3.8) is 0 Å². The molecule has 0 aliphatic rings. The van der Waals surface area contributed by atoms with E-state index in [0.717, 1.165) is 30.2 Å². The van der Waals surface area contributed by atoms with Crippen LogP contribution in [-0.2, 0) is 20.2 Å². The van der Waals surface area contributed by atoms with E-state index in [2.05, 4.69) is 22.4 Å². The second-order valence-corrected chi connectivity index (χ2v) is 4.62. The van der Waals surface area contributed by atoms with Crippen LogP contribution in [0, 0.1) is 0 Å². The fraction of sp³-hybridized carbons (Fsp3) is 0.385. The van der Waals surface area contributed by atoms with Gasteiger partial charge in [-0.3, -0.25) is 0 Å². The molecule has 2 aromatic rings. The lowest BCUT2D eigenvalue weighted by atomic mass is 10.2. The fourth-order valence-electron chi connectivity index (χ4n) is 1.67. The summed E-state index contributed by atoms with van der Waals surface area (Å²) in [5, 5.41) is 11.8. The Hall–Kier alpha value is -1.59. The van der Waals surface area contributed by atoms with Gasteiger partial charge in [0.25, 0.3) is 0 Å². The minimum Gasteiger partial charge on any atom is -0.485 e. The first kappa shape index (κ1) is 13.8. The molecule has 0 fully saturated rings. The molecule has 19 heavy (non-hydrogen) atoms. The summed E-state index contributed by atoms with van der Waals surface area (Å²) in [6.07, 6.45) is 1.65. The van der Waals surface area contributed by atoms with E-state index in [1.165, 1.54) is 0 Å². The van der Waals surface area contributed by atoms with Crippen LogP contribution >= 0.6 is 11.6 Å². The zero-order valence-corrected chi connectivity index (χ0v) is 11.8. The molecule has 0 saturated carbocycles. The molecule has 1 aromatic carbocycles. The van der Waals surface area contributed by atoms with Gasteiger partial charge in [-0.25, -0.2) is 0 Å². The van der Waals surface area contributed by atoms with Crippen molar-refractivity contribution < 1.29 is 4.74 Å². The molecule has 0 unspecified atom stereocenters. The number of aryl methyl sites for hydroxylation is 1. The van der Waals surface area contributed by atoms with Gasteiger partial charge in [0, 0.05) is 24.2 Å². The average Bonchev–Trinajstić information content (AvgIpc) is 2.81. The molecule has 0 atom stereocenters. The van der Waals surface area contributed by atoms with Crippen molar-refractivity contribution in [3.05, 3.63) is 40.9 Å². The Labute approximate surface area is 117 Å². The monoisotopic (exact) mass is 280 g/mol. The number of benzene rings is 1. The molecule has 6 heteroatoms. The SMILES string of the molecule is CCNCc1cc(Cl)ccc1OCc1nncn1C. The van der Waals surface area contributed by atoms with Crippen LogP contribution < -0.4 is 10.1 Å². The van der Waals surface area contributed by atoms with Gasteiger partial charge in [0.1, 0.15) is 18.7 Å². The topological polar surface area (TPSA) is 52.0 Å². The predicted octanol–water partition coefficient (Wildman–Crippen LogP) is 2.16. The van der Waals surface area contributed by atoms with Gasteiger partial charge in [-0.1, -0.05) is 18.5 Å². The lowest BCUT2D eigenvalue weighted by Gasteiger charge is -2.12. The highest BCUT2D eigenvalue weighted by Gasteiger charge is 2.07. The number of halogens is 1. The highest BCUT2D eigenvalue weighted by molar-refractivity contribution is 6.30. The van der Waals surface area contributed by atoms with Crippen LogP contribution in [0.5, 0.6) is 5.75 Å². The van der Waals surface area contributed by atoms with E-state index < -0.39 is 0 Å². The third-order valence-corrected chi connectivity index (χ3v) is 2.99. The number of rotatable bonds is 6. The van der Waals surface area contributed by atoms with Crippen molar-refractivity contribution >= 4 is 11.6 Å². The van der Waals surface area contributed by atoms with Gasteiger partial charge >= 0.3 is 0 Å². The standard InChI is InChI=1S/C13H17ClN4O/c1-3-15-7-10-6-11(14)4-5-12(10)19-8-13-17-16-9-18(13)2/h4-6,9,15H,3,7-8H2,1-2H3. The van der Waals surface area contributed by atoms with Crippen LogP contribution in [-0.4, -0.2) is 21.3 Å². The van der Waals surface area contributed by atoms with Crippen LogP contribution in [0.2, 0.25) is 5.02 Å². The maximum atomic E-state index is 6.01. The van der Waals surface area contributed by atoms with Gasteiger partial charge in [-0.05, 0) is 24.7 Å². The number of nitrogens with zero attached hydrogens (tertiary/aromatic N) is 3. The Kier molecular flexibility index (Phi) is 4.76. The van der Waals surface area contributed by atoms with E-state index in [-0.39, 0.29) is 0 Å². The molecule has 2 rings (SSSR count). The second kappa shape index (κ2) is 6.54. The smallest absolute Gasteiger partial charge is 0.170 e. The van der Waals surface area contributed by atoms with Gasteiger partial charge in [0.15, 0.2) is 5.82 Å². The van der Waals surface area contributed by atoms with Crippen LogP contribution in [0.25, 0.3) is 0 Å². The molecule has 5 nitrogen and oxygen atoms in total. The lowest BCUT2D eigenvalue weighted by molar-refractivity contribution is 0.287. The number of hydrogen-bond donors (Lipinski definition) is 1. The Morgan fingerprint density at radius 3 is 2.95 bits per heavy atom. The highest BCUT2D eigenvalue weighted by Crippen LogP contribution is 2.23. The van der Waals surface area contributed by atoms with Crippen molar-refractivity contribution in [2.24, 2.45) is 7.05 Å². The minimum absolute atomic E-state index is 0.386. The number of ether oxygens (including phenoxy) is 1. The van der Waals surface area contributed by atoms with Gasteiger partial charge < -0.3 is 14.6 Å². The highest BCUT2D eigenvalue weighted by atomic mass is 35.5. The maximum Gasteiger partial charge on any atom is 0.170 e. The first-order valence-corrected chi connectivity index (χ1v) is 6.53. The molecule has 0 aliphatic carbocycles. The molecule has 0 spiro atoms. The largest absolute Gasteiger partial charge is 0.485 e. The minimum atomic E-state index is 0.386. The molecule has 1 N–H and O–H groups in total. The zero-order chi connectivity index (χ0) is 13.7. The van der Waals surface area contributed by atoms with Crippen molar-refractivity contribution in [1.82, 2.24) is 20.1 Å². The number of hydrogen-bond acceptors (Lipinski definition) is 4. The summed E-state index contributed by atoms with van der Waals surface area (Å²) in [6.45, 7) is 4.07. The molecule has 102 valence electrons. The molecule has 1 aromatic heterocycles. The summed E-state index contributed by atoms with van der Waals surface area (Å²) < 4.78 is 7.63. The van der Waals surface area contributed by atoms with Crippen LogP contribution in [0.3, 0.4) is 0 Å². The average molecular weight is 281 g/mol. The third kappa shape index (κ3) is 3.68. The van der Waals surface area contributed by atoms with E-state index in [9.17, 15) is 0 Å². The van der Waals surface area contributed by atoms with E-state index in [4.69, 9.17) is 16.3 Å². The first-order chi connectivity index (χ1) is 9.20. The third-order valence-electron chi connectivity index (χ3n) is 2.75. The molecular weight excluding hydrogens is 264 g/mol. The quantitative estimate of drug-likeness (QED) is 0.881. The lowest BCUT2D eigenvalue weighted by Crippen LogP contribution is -2.13. The number of nitrogens with one attached hydrogen (secondary N) is 1. The Bertz CT molecular complexity index is 541. The zero-order valence-electron chi connectivity index (χ0n) is 11.1. The van der Waals surface area contributed by atoms with Gasteiger partial charge in [0.05, 0.1) is 0 Å². The summed E-state index contributed by atoms with van der Waals surface area (Å²) in [4.78, 5) is 0.